The fourth-order valence-electron chi connectivity index (χ4n) is 1.55. The van der Waals surface area contributed by atoms with E-state index in [1.807, 2.05) is 25.1 Å². The van der Waals surface area contributed by atoms with Gasteiger partial charge in [0.15, 0.2) is 0 Å². The van der Waals surface area contributed by atoms with Crippen LogP contribution in [-0.2, 0) is 0 Å². The van der Waals surface area contributed by atoms with Crippen LogP contribution in [0.5, 0.6) is 5.75 Å². The van der Waals surface area contributed by atoms with Gasteiger partial charge in [-0.1, -0.05) is 6.07 Å². The molecule has 1 aromatic heterocycles. The summed E-state index contributed by atoms with van der Waals surface area (Å²) in [5, 5.41) is 0. The molecule has 5 heteroatoms. The molecule has 97 valence electrons. The molecule has 0 fully saturated rings. The molecule has 2 rings (SSSR count). The van der Waals surface area contributed by atoms with Crippen LogP contribution < -0.4 is 4.43 Å². The quantitative estimate of drug-likeness (QED) is 0.633. The largest absolute Gasteiger partial charge is 0.541 e. The van der Waals surface area contributed by atoms with Gasteiger partial charge in [0, 0.05) is 12.4 Å². The third kappa shape index (κ3) is 3.99. The maximum Gasteiger partial charge on any atom is 0.274 e. The molecule has 4 nitrogen and oxygen atoms in total. The van der Waals surface area contributed by atoms with E-state index >= 15 is 0 Å². The van der Waals surface area contributed by atoms with E-state index in [2.05, 4.69) is 28.1 Å². The van der Waals surface area contributed by atoms with E-state index in [1.165, 1.54) is 0 Å². The van der Waals surface area contributed by atoms with Crippen LogP contribution in [0.15, 0.2) is 41.8 Å². The average Bonchev–Trinajstić information content (AvgIpc) is 2.40. The standard InChI is InChI=1S/C14H16N3OSi/c1-11-4-5-14(18-19(2)3)13(8-11)17-10-12-9-15-6-7-16-12/h4-10H,1-3H3. The van der Waals surface area contributed by atoms with Gasteiger partial charge in [0.25, 0.3) is 9.04 Å². The Morgan fingerprint density at radius 2 is 2.11 bits per heavy atom. The second-order valence-corrected chi connectivity index (χ2v) is 6.39. The van der Waals surface area contributed by atoms with Gasteiger partial charge in [-0.3, -0.25) is 15.0 Å². The monoisotopic (exact) mass is 270 g/mol. The normalized spacial score (nSPS) is 11.2. The zero-order chi connectivity index (χ0) is 13.7. The minimum atomic E-state index is -0.805. The topological polar surface area (TPSA) is 47.4 Å². The summed E-state index contributed by atoms with van der Waals surface area (Å²) in [4.78, 5) is 12.6. The van der Waals surface area contributed by atoms with Crippen molar-refractivity contribution in [1.29, 1.82) is 0 Å². The number of aryl methyl sites for hydroxylation is 1. The molecule has 0 aliphatic heterocycles. The van der Waals surface area contributed by atoms with Crippen molar-refractivity contribution < 1.29 is 4.43 Å². The number of aromatic nitrogens is 2. The van der Waals surface area contributed by atoms with Gasteiger partial charge in [0.05, 0.1) is 18.1 Å². The summed E-state index contributed by atoms with van der Waals surface area (Å²) in [5.74, 6) is 0.824. The lowest BCUT2D eigenvalue weighted by molar-refractivity contribution is 0.582. The van der Waals surface area contributed by atoms with E-state index in [0.717, 1.165) is 22.7 Å². The van der Waals surface area contributed by atoms with Crippen LogP contribution in [-0.4, -0.2) is 25.2 Å². The predicted molar refractivity (Wildman–Crippen MR) is 78.6 cm³/mol. The Hall–Kier alpha value is -2.01. The summed E-state index contributed by atoms with van der Waals surface area (Å²) < 4.78 is 5.84. The Kier molecular flexibility index (Phi) is 4.41. The molecule has 0 aliphatic carbocycles. The molecule has 0 N–H and O–H groups in total. The fourth-order valence-corrected chi connectivity index (χ4v) is 2.16. The number of rotatable bonds is 4. The van der Waals surface area contributed by atoms with Gasteiger partial charge in [-0.25, -0.2) is 0 Å². The van der Waals surface area contributed by atoms with Gasteiger partial charge in [-0.2, -0.15) is 0 Å². The third-order valence-electron chi connectivity index (χ3n) is 2.35. The van der Waals surface area contributed by atoms with Crippen molar-refractivity contribution in [2.24, 2.45) is 4.99 Å². The minimum absolute atomic E-state index is 0.730. The summed E-state index contributed by atoms with van der Waals surface area (Å²) in [7, 11) is -0.805. The molecule has 0 aliphatic rings. The summed E-state index contributed by atoms with van der Waals surface area (Å²) in [6.45, 7) is 6.23. The van der Waals surface area contributed by atoms with Crippen molar-refractivity contribution in [2.75, 3.05) is 0 Å². The lowest BCUT2D eigenvalue weighted by atomic mass is 10.2. The molecular weight excluding hydrogens is 254 g/mol. The molecule has 0 unspecified atom stereocenters. The van der Waals surface area contributed by atoms with Crippen LogP contribution in [0.4, 0.5) is 5.69 Å². The second-order valence-electron chi connectivity index (χ2n) is 4.37. The Morgan fingerprint density at radius 1 is 1.26 bits per heavy atom. The van der Waals surface area contributed by atoms with E-state index < -0.39 is 9.04 Å². The maximum absolute atomic E-state index is 5.84. The van der Waals surface area contributed by atoms with Crippen molar-refractivity contribution >= 4 is 20.9 Å². The van der Waals surface area contributed by atoms with Gasteiger partial charge < -0.3 is 4.43 Å². The molecule has 19 heavy (non-hydrogen) atoms. The Labute approximate surface area is 114 Å². The van der Waals surface area contributed by atoms with Crippen molar-refractivity contribution in [2.45, 2.75) is 20.0 Å². The Morgan fingerprint density at radius 3 is 2.79 bits per heavy atom. The van der Waals surface area contributed by atoms with Crippen molar-refractivity contribution in [3.05, 3.63) is 48.0 Å². The maximum atomic E-state index is 5.84. The van der Waals surface area contributed by atoms with E-state index in [0.29, 0.717) is 0 Å². The highest BCUT2D eigenvalue weighted by Crippen LogP contribution is 2.28. The van der Waals surface area contributed by atoms with Crippen LogP contribution in [0, 0.1) is 6.92 Å². The van der Waals surface area contributed by atoms with Gasteiger partial charge >= 0.3 is 0 Å². The number of benzene rings is 1. The third-order valence-corrected chi connectivity index (χ3v) is 2.98. The second kappa shape index (κ2) is 6.24. The van der Waals surface area contributed by atoms with Crippen molar-refractivity contribution in [3.63, 3.8) is 0 Å². The number of aliphatic imine (C=N–C) groups is 1. The molecule has 0 atom stereocenters. The molecule has 0 amide bonds. The van der Waals surface area contributed by atoms with E-state index in [-0.39, 0.29) is 0 Å². The number of nitrogens with zero attached hydrogens (tertiary/aromatic N) is 3. The molecular formula is C14H16N3OSi. The lowest BCUT2D eigenvalue weighted by Gasteiger charge is -2.11. The SMILES string of the molecule is Cc1ccc(O[Si](C)C)c(N=Cc2cnccn2)c1. The van der Waals surface area contributed by atoms with Crippen LogP contribution in [0.2, 0.25) is 13.1 Å². The first kappa shape index (κ1) is 13.4. The van der Waals surface area contributed by atoms with Gasteiger partial charge in [-0.05, 0) is 37.7 Å². The first-order valence-corrected chi connectivity index (χ1v) is 8.45. The Balaban J connectivity index is 2.28. The van der Waals surface area contributed by atoms with E-state index in [4.69, 9.17) is 4.43 Å². The van der Waals surface area contributed by atoms with Crippen LogP contribution in [0.1, 0.15) is 11.3 Å². The number of hydrogen-bond donors (Lipinski definition) is 0. The summed E-state index contributed by atoms with van der Waals surface area (Å²) in [6.07, 6.45) is 6.66. The van der Waals surface area contributed by atoms with Crippen LogP contribution >= 0.6 is 0 Å². The highest BCUT2D eigenvalue weighted by Gasteiger charge is 2.06. The van der Waals surface area contributed by atoms with Crippen molar-refractivity contribution in [1.82, 2.24) is 9.97 Å². The summed E-state index contributed by atoms with van der Waals surface area (Å²) in [5.41, 5.74) is 2.71. The first-order valence-electron chi connectivity index (χ1n) is 6.04. The fraction of sp³-hybridized carbons (Fsp3) is 0.214. The molecule has 0 spiro atoms. The molecule has 0 bridgehead atoms. The summed E-state index contributed by atoms with van der Waals surface area (Å²) >= 11 is 0. The highest BCUT2D eigenvalue weighted by atomic mass is 28.3. The highest BCUT2D eigenvalue weighted by molar-refractivity contribution is 6.49. The zero-order valence-electron chi connectivity index (χ0n) is 11.3. The van der Waals surface area contributed by atoms with Crippen LogP contribution in [0.3, 0.4) is 0 Å². The molecule has 1 aromatic carbocycles. The lowest BCUT2D eigenvalue weighted by Crippen LogP contribution is -2.11. The molecule has 0 saturated heterocycles. The van der Waals surface area contributed by atoms with Gasteiger partial charge in [0.1, 0.15) is 11.4 Å². The van der Waals surface area contributed by atoms with Crippen LogP contribution in [0.25, 0.3) is 0 Å². The van der Waals surface area contributed by atoms with E-state index in [1.54, 1.807) is 24.8 Å². The average molecular weight is 270 g/mol. The minimum Gasteiger partial charge on any atom is -0.541 e. The number of hydrogen-bond acceptors (Lipinski definition) is 4. The zero-order valence-corrected chi connectivity index (χ0v) is 12.3. The Bertz CT molecular complexity index is 570. The smallest absolute Gasteiger partial charge is 0.274 e. The van der Waals surface area contributed by atoms with Gasteiger partial charge in [-0.15, -0.1) is 0 Å². The van der Waals surface area contributed by atoms with E-state index in [9.17, 15) is 0 Å². The molecule has 1 radical (unpaired) electrons. The predicted octanol–water partition coefficient (Wildman–Crippen LogP) is 3.17. The van der Waals surface area contributed by atoms with Gasteiger partial charge in [0.2, 0.25) is 0 Å². The van der Waals surface area contributed by atoms with Crippen molar-refractivity contribution in [3.8, 4) is 5.75 Å². The molecule has 1 heterocycles. The molecule has 0 saturated carbocycles. The molecule has 2 aromatic rings. The first-order chi connectivity index (χ1) is 9.15. The summed E-state index contributed by atoms with van der Waals surface area (Å²) in [6, 6.07) is 6.00.